The predicted molar refractivity (Wildman–Crippen MR) is 106 cm³/mol. The zero-order chi connectivity index (χ0) is 19.7. The SMILES string of the molecule is Cc1ccc(-n2c(=O)c3cc4c(=O)n(C(C)(C)C)c(=O)c4cc3c2=O)cc1. The number of nitrogens with zero attached hydrogens (tertiary/aromatic N) is 2. The highest BCUT2D eigenvalue weighted by molar-refractivity contribution is 5.98. The summed E-state index contributed by atoms with van der Waals surface area (Å²) in [5.74, 6) is 0. The third kappa shape index (κ3) is 2.33. The number of aryl methyl sites for hydroxylation is 1. The molecule has 0 aliphatic rings. The molecule has 0 aliphatic carbocycles. The summed E-state index contributed by atoms with van der Waals surface area (Å²) in [7, 11) is 0. The smallest absolute Gasteiger partial charge is 0.266 e. The summed E-state index contributed by atoms with van der Waals surface area (Å²) in [6, 6.07) is 9.78. The summed E-state index contributed by atoms with van der Waals surface area (Å²) in [6.07, 6.45) is 0. The number of hydrogen-bond acceptors (Lipinski definition) is 4. The minimum absolute atomic E-state index is 0.149. The highest BCUT2D eigenvalue weighted by atomic mass is 16.2. The first-order valence-corrected chi connectivity index (χ1v) is 8.63. The number of hydrogen-bond donors (Lipinski definition) is 0. The lowest BCUT2D eigenvalue weighted by molar-refractivity contribution is 0.380. The molecule has 0 saturated carbocycles. The summed E-state index contributed by atoms with van der Waals surface area (Å²) >= 11 is 0. The fraction of sp³-hybridized carbons (Fsp3) is 0.238. The van der Waals surface area contributed by atoms with Gasteiger partial charge >= 0.3 is 0 Å². The molecule has 4 aromatic rings. The molecule has 2 heterocycles. The van der Waals surface area contributed by atoms with Crippen LogP contribution in [0.4, 0.5) is 0 Å². The van der Waals surface area contributed by atoms with Crippen LogP contribution in [0.1, 0.15) is 26.3 Å². The van der Waals surface area contributed by atoms with Crippen LogP contribution in [0.2, 0.25) is 0 Å². The Morgan fingerprint density at radius 3 is 1.48 bits per heavy atom. The highest BCUT2D eigenvalue weighted by Crippen LogP contribution is 2.18. The molecule has 27 heavy (non-hydrogen) atoms. The average molecular weight is 362 g/mol. The molecular formula is C21H18N2O4. The Morgan fingerprint density at radius 1 is 0.667 bits per heavy atom. The lowest BCUT2D eigenvalue weighted by Gasteiger charge is -2.18. The molecule has 0 amide bonds. The van der Waals surface area contributed by atoms with Crippen LogP contribution in [0.25, 0.3) is 27.2 Å². The minimum Gasteiger partial charge on any atom is -0.269 e. The van der Waals surface area contributed by atoms with Crippen molar-refractivity contribution >= 4 is 21.5 Å². The zero-order valence-corrected chi connectivity index (χ0v) is 15.5. The van der Waals surface area contributed by atoms with E-state index >= 15 is 0 Å². The van der Waals surface area contributed by atoms with Gasteiger partial charge in [0, 0.05) is 5.54 Å². The van der Waals surface area contributed by atoms with Gasteiger partial charge in [0.1, 0.15) is 0 Å². The molecule has 0 saturated heterocycles. The summed E-state index contributed by atoms with van der Waals surface area (Å²) in [4.78, 5) is 51.2. The Hall–Kier alpha value is -3.28. The number of rotatable bonds is 1. The molecular weight excluding hydrogens is 344 g/mol. The molecule has 2 aromatic heterocycles. The van der Waals surface area contributed by atoms with Crippen molar-refractivity contribution < 1.29 is 0 Å². The van der Waals surface area contributed by atoms with E-state index in [1.54, 1.807) is 32.9 Å². The standard InChI is InChI=1S/C21H18N2O4/c1-11-5-7-12(8-6-11)22-17(24)13-9-15-16(10-14(13)18(22)25)20(27)23(19(15)26)21(2,3)4/h5-10H,1-4H3. The third-order valence-corrected chi connectivity index (χ3v) is 4.85. The molecule has 0 spiro atoms. The Kier molecular flexibility index (Phi) is 3.40. The summed E-state index contributed by atoms with van der Waals surface area (Å²) < 4.78 is 2.25. The largest absolute Gasteiger partial charge is 0.269 e. The van der Waals surface area contributed by atoms with Crippen molar-refractivity contribution in [1.82, 2.24) is 9.13 Å². The normalized spacial score (nSPS) is 12.3. The van der Waals surface area contributed by atoms with E-state index < -0.39 is 27.8 Å². The van der Waals surface area contributed by atoms with Crippen molar-refractivity contribution in [1.29, 1.82) is 0 Å². The first-order chi connectivity index (χ1) is 12.6. The lowest BCUT2D eigenvalue weighted by Crippen LogP contribution is -2.38. The quantitative estimate of drug-likeness (QED) is 0.519. The Labute approximate surface area is 153 Å². The van der Waals surface area contributed by atoms with Gasteiger partial charge in [-0.3, -0.25) is 23.7 Å². The molecule has 6 heteroatoms. The number of fused-ring (bicyclic) bond motifs is 2. The first-order valence-electron chi connectivity index (χ1n) is 8.63. The van der Waals surface area contributed by atoms with Crippen LogP contribution >= 0.6 is 0 Å². The van der Waals surface area contributed by atoms with Crippen molar-refractivity contribution in [3.8, 4) is 5.69 Å². The average Bonchev–Trinajstić information content (AvgIpc) is 2.99. The Bertz CT molecular complexity index is 1340. The second-order valence-electron chi connectivity index (χ2n) is 7.84. The summed E-state index contributed by atoms with van der Waals surface area (Å²) in [5, 5.41) is 0.633. The van der Waals surface area contributed by atoms with E-state index in [-0.39, 0.29) is 21.5 Å². The van der Waals surface area contributed by atoms with Crippen molar-refractivity contribution in [2.75, 3.05) is 0 Å². The van der Waals surface area contributed by atoms with E-state index in [0.717, 1.165) is 10.1 Å². The zero-order valence-electron chi connectivity index (χ0n) is 15.5. The summed E-state index contributed by atoms with van der Waals surface area (Å²) in [5.41, 5.74) is -1.10. The van der Waals surface area contributed by atoms with E-state index in [0.29, 0.717) is 5.69 Å². The van der Waals surface area contributed by atoms with Crippen LogP contribution in [-0.4, -0.2) is 9.13 Å². The molecule has 0 unspecified atom stereocenters. The maximum Gasteiger partial charge on any atom is 0.266 e. The van der Waals surface area contributed by atoms with Crippen molar-refractivity contribution in [3.05, 3.63) is 83.4 Å². The van der Waals surface area contributed by atoms with Crippen molar-refractivity contribution in [2.45, 2.75) is 33.2 Å². The van der Waals surface area contributed by atoms with E-state index in [1.165, 1.54) is 16.7 Å². The van der Waals surface area contributed by atoms with Gasteiger partial charge in [-0.1, -0.05) is 17.7 Å². The van der Waals surface area contributed by atoms with Gasteiger partial charge in [0.2, 0.25) is 0 Å². The number of benzene rings is 2. The van der Waals surface area contributed by atoms with E-state index in [2.05, 4.69) is 0 Å². The Morgan fingerprint density at radius 2 is 1.07 bits per heavy atom. The van der Waals surface area contributed by atoms with Gasteiger partial charge in [-0.15, -0.1) is 0 Å². The predicted octanol–water partition coefficient (Wildman–Crippen LogP) is 1.97. The van der Waals surface area contributed by atoms with Gasteiger partial charge in [0.05, 0.1) is 27.2 Å². The van der Waals surface area contributed by atoms with Gasteiger partial charge in [0.15, 0.2) is 0 Å². The van der Waals surface area contributed by atoms with E-state index in [4.69, 9.17) is 0 Å². The third-order valence-electron chi connectivity index (χ3n) is 4.85. The van der Waals surface area contributed by atoms with Crippen LogP contribution < -0.4 is 22.2 Å². The maximum atomic E-state index is 12.9. The van der Waals surface area contributed by atoms with Gasteiger partial charge in [-0.05, 0) is 52.0 Å². The maximum absolute atomic E-state index is 12.9. The molecule has 0 bridgehead atoms. The van der Waals surface area contributed by atoms with Gasteiger partial charge in [0.25, 0.3) is 22.2 Å². The van der Waals surface area contributed by atoms with Crippen LogP contribution in [0.3, 0.4) is 0 Å². The lowest BCUT2D eigenvalue weighted by atomic mass is 10.1. The molecule has 0 aliphatic heterocycles. The van der Waals surface area contributed by atoms with Crippen molar-refractivity contribution in [2.24, 2.45) is 0 Å². The molecule has 0 fully saturated rings. The summed E-state index contributed by atoms with van der Waals surface area (Å²) in [6.45, 7) is 7.20. The van der Waals surface area contributed by atoms with Crippen LogP contribution in [-0.2, 0) is 5.54 Å². The van der Waals surface area contributed by atoms with E-state index in [1.807, 2.05) is 19.1 Å². The molecule has 6 nitrogen and oxygen atoms in total. The minimum atomic E-state index is -0.695. The molecule has 4 rings (SSSR count). The molecule has 2 aromatic carbocycles. The fourth-order valence-electron chi connectivity index (χ4n) is 3.51. The number of aromatic nitrogens is 2. The topological polar surface area (TPSA) is 78.1 Å². The monoisotopic (exact) mass is 362 g/mol. The van der Waals surface area contributed by atoms with Crippen LogP contribution in [0.5, 0.6) is 0 Å². The highest BCUT2D eigenvalue weighted by Gasteiger charge is 2.25. The second-order valence-corrected chi connectivity index (χ2v) is 7.84. The molecule has 0 radical (unpaired) electrons. The molecule has 136 valence electrons. The Balaban J connectivity index is 2.13. The molecule has 0 N–H and O–H groups in total. The van der Waals surface area contributed by atoms with Gasteiger partial charge < -0.3 is 0 Å². The van der Waals surface area contributed by atoms with Crippen LogP contribution in [0, 0.1) is 6.92 Å². The second kappa shape index (κ2) is 5.36. The molecule has 0 atom stereocenters. The fourth-order valence-corrected chi connectivity index (χ4v) is 3.51. The first kappa shape index (κ1) is 17.1. The van der Waals surface area contributed by atoms with E-state index in [9.17, 15) is 19.2 Å². The van der Waals surface area contributed by atoms with Crippen molar-refractivity contribution in [3.63, 3.8) is 0 Å². The van der Waals surface area contributed by atoms with Gasteiger partial charge in [-0.2, -0.15) is 0 Å². The van der Waals surface area contributed by atoms with Crippen LogP contribution in [0.15, 0.2) is 55.6 Å². The van der Waals surface area contributed by atoms with Gasteiger partial charge in [-0.25, -0.2) is 4.57 Å².